The summed E-state index contributed by atoms with van der Waals surface area (Å²) in [5.74, 6) is -1.97. The van der Waals surface area contributed by atoms with Gasteiger partial charge >= 0.3 is 0 Å². The molecule has 4 amide bonds. The minimum atomic E-state index is -0.940. The maximum Gasteiger partial charge on any atom is 0.262 e. The van der Waals surface area contributed by atoms with E-state index in [0.29, 0.717) is 0 Å². The molecular formula is C18H20N4O4. The SMILES string of the molecule is N[C@@H]1CC[C@H](Nc2ccc3c(c2)C(=O)N(C2CCC(=O)NC2=O)C3=O)C1. The van der Waals surface area contributed by atoms with E-state index in [9.17, 15) is 19.2 Å². The molecule has 0 spiro atoms. The Balaban J connectivity index is 1.56. The number of hydrogen-bond acceptors (Lipinski definition) is 6. The van der Waals surface area contributed by atoms with Gasteiger partial charge in [-0.2, -0.15) is 0 Å². The predicted octanol–water partition coefficient (Wildman–Crippen LogP) is 0.379. The Bertz CT molecular complexity index is 821. The third-order valence-electron chi connectivity index (χ3n) is 5.28. The molecule has 2 aliphatic heterocycles. The molecule has 8 nitrogen and oxygen atoms in total. The summed E-state index contributed by atoms with van der Waals surface area (Å²) >= 11 is 0. The van der Waals surface area contributed by atoms with Crippen molar-refractivity contribution in [3.63, 3.8) is 0 Å². The van der Waals surface area contributed by atoms with Gasteiger partial charge < -0.3 is 11.1 Å². The van der Waals surface area contributed by atoms with E-state index >= 15 is 0 Å². The van der Waals surface area contributed by atoms with Gasteiger partial charge in [-0.1, -0.05) is 0 Å². The average Bonchev–Trinajstić information content (AvgIpc) is 3.10. The van der Waals surface area contributed by atoms with Gasteiger partial charge in [-0.25, -0.2) is 0 Å². The molecule has 2 heterocycles. The van der Waals surface area contributed by atoms with Crippen LogP contribution in [0.1, 0.15) is 52.8 Å². The first-order valence-corrected chi connectivity index (χ1v) is 8.82. The van der Waals surface area contributed by atoms with E-state index in [1.807, 2.05) is 0 Å². The highest BCUT2D eigenvalue weighted by atomic mass is 16.2. The largest absolute Gasteiger partial charge is 0.382 e. The summed E-state index contributed by atoms with van der Waals surface area (Å²) < 4.78 is 0. The first-order chi connectivity index (χ1) is 12.4. The van der Waals surface area contributed by atoms with Crippen LogP contribution in [-0.4, -0.2) is 46.7 Å². The lowest BCUT2D eigenvalue weighted by molar-refractivity contribution is -0.136. The van der Waals surface area contributed by atoms with E-state index in [2.05, 4.69) is 10.6 Å². The molecule has 1 saturated heterocycles. The van der Waals surface area contributed by atoms with Crippen LogP contribution in [0.5, 0.6) is 0 Å². The zero-order chi connectivity index (χ0) is 18.4. The average molecular weight is 356 g/mol. The molecule has 0 radical (unpaired) electrons. The molecule has 0 bridgehead atoms. The summed E-state index contributed by atoms with van der Waals surface area (Å²) in [5.41, 5.74) is 7.25. The fourth-order valence-electron chi connectivity index (χ4n) is 3.94. The molecule has 4 rings (SSSR count). The van der Waals surface area contributed by atoms with Gasteiger partial charge in [0.1, 0.15) is 6.04 Å². The number of fused-ring (bicyclic) bond motifs is 1. The molecule has 1 aliphatic carbocycles. The van der Waals surface area contributed by atoms with Crippen molar-refractivity contribution in [3.8, 4) is 0 Å². The number of piperidine rings is 1. The standard InChI is InChI=1S/C18H20N4O4/c19-9-1-2-10(7-9)20-11-3-4-12-13(8-11)18(26)22(17(12)25)14-5-6-15(23)21-16(14)24/h3-4,8-10,14,20H,1-2,5-7,19H2,(H,21,23,24)/t9-,10+,14?/m1/s1. The lowest BCUT2D eigenvalue weighted by Gasteiger charge is -2.27. The second-order valence-electron chi connectivity index (χ2n) is 7.12. The van der Waals surface area contributed by atoms with Crippen LogP contribution in [-0.2, 0) is 9.59 Å². The quantitative estimate of drug-likeness (QED) is 0.673. The molecule has 1 aromatic carbocycles. The van der Waals surface area contributed by atoms with Crippen LogP contribution in [0.25, 0.3) is 0 Å². The van der Waals surface area contributed by atoms with Crippen molar-refractivity contribution in [2.45, 2.75) is 50.2 Å². The third kappa shape index (κ3) is 2.76. The van der Waals surface area contributed by atoms with Crippen LogP contribution < -0.4 is 16.4 Å². The Kier molecular flexibility index (Phi) is 3.99. The maximum absolute atomic E-state index is 12.8. The van der Waals surface area contributed by atoms with Crippen LogP contribution in [0.2, 0.25) is 0 Å². The molecule has 0 aromatic heterocycles. The number of rotatable bonds is 3. The Hall–Kier alpha value is -2.74. The van der Waals surface area contributed by atoms with Crippen molar-refractivity contribution >= 4 is 29.3 Å². The summed E-state index contributed by atoms with van der Waals surface area (Å²) in [6.45, 7) is 0. The van der Waals surface area contributed by atoms with Gasteiger partial charge in [0.15, 0.2) is 0 Å². The minimum absolute atomic E-state index is 0.110. The lowest BCUT2D eigenvalue weighted by atomic mass is 10.0. The van der Waals surface area contributed by atoms with E-state index in [4.69, 9.17) is 5.73 Å². The van der Waals surface area contributed by atoms with Gasteiger partial charge in [-0.05, 0) is 43.9 Å². The summed E-state index contributed by atoms with van der Waals surface area (Å²) in [4.78, 5) is 49.7. The molecule has 1 saturated carbocycles. The van der Waals surface area contributed by atoms with Crippen molar-refractivity contribution in [1.29, 1.82) is 0 Å². The predicted molar refractivity (Wildman–Crippen MR) is 92.4 cm³/mol. The van der Waals surface area contributed by atoms with E-state index in [1.165, 1.54) is 0 Å². The Labute approximate surface area is 150 Å². The van der Waals surface area contributed by atoms with E-state index < -0.39 is 23.8 Å². The van der Waals surface area contributed by atoms with Crippen LogP contribution in [0.15, 0.2) is 18.2 Å². The molecule has 8 heteroatoms. The number of nitrogens with two attached hydrogens (primary N) is 1. The Morgan fingerprint density at radius 2 is 1.81 bits per heavy atom. The molecule has 3 aliphatic rings. The zero-order valence-electron chi connectivity index (χ0n) is 14.2. The first kappa shape index (κ1) is 16.7. The third-order valence-corrected chi connectivity index (χ3v) is 5.28. The van der Waals surface area contributed by atoms with Gasteiger partial charge in [0.05, 0.1) is 11.1 Å². The van der Waals surface area contributed by atoms with Crippen molar-refractivity contribution in [2.24, 2.45) is 5.73 Å². The zero-order valence-corrected chi connectivity index (χ0v) is 14.2. The molecule has 3 atom stereocenters. The number of benzene rings is 1. The summed E-state index contributed by atoms with van der Waals surface area (Å²) in [6, 6.07) is 4.53. The fourth-order valence-corrected chi connectivity index (χ4v) is 3.94. The van der Waals surface area contributed by atoms with Gasteiger partial charge in [0.25, 0.3) is 11.8 Å². The van der Waals surface area contributed by atoms with E-state index in [-0.39, 0.29) is 42.0 Å². The van der Waals surface area contributed by atoms with Crippen molar-refractivity contribution in [3.05, 3.63) is 29.3 Å². The molecule has 2 fully saturated rings. The van der Waals surface area contributed by atoms with Crippen molar-refractivity contribution in [2.75, 3.05) is 5.32 Å². The second kappa shape index (κ2) is 6.21. The maximum atomic E-state index is 12.8. The number of carbonyl (C=O) groups excluding carboxylic acids is 4. The summed E-state index contributed by atoms with van der Waals surface area (Å²) in [6.07, 6.45) is 3.06. The molecule has 4 N–H and O–H groups in total. The normalized spacial score (nSPS) is 28.3. The second-order valence-corrected chi connectivity index (χ2v) is 7.12. The van der Waals surface area contributed by atoms with Crippen LogP contribution in [0.3, 0.4) is 0 Å². The van der Waals surface area contributed by atoms with Crippen LogP contribution in [0.4, 0.5) is 5.69 Å². The number of amides is 4. The van der Waals surface area contributed by atoms with Gasteiger partial charge in [-0.3, -0.25) is 29.4 Å². The van der Waals surface area contributed by atoms with Crippen LogP contribution >= 0.6 is 0 Å². The monoisotopic (exact) mass is 356 g/mol. The highest BCUT2D eigenvalue weighted by Crippen LogP contribution is 2.30. The minimum Gasteiger partial charge on any atom is -0.382 e. The smallest absolute Gasteiger partial charge is 0.262 e. The summed E-state index contributed by atoms with van der Waals surface area (Å²) in [5, 5.41) is 5.55. The number of imide groups is 2. The van der Waals surface area contributed by atoms with Gasteiger partial charge in [-0.15, -0.1) is 0 Å². The molecule has 1 aromatic rings. The first-order valence-electron chi connectivity index (χ1n) is 8.82. The number of nitrogens with zero attached hydrogens (tertiary/aromatic N) is 1. The van der Waals surface area contributed by atoms with Crippen LogP contribution in [0, 0.1) is 0 Å². The number of nitrogens with one attached hydrogen (secondary N) is 2. The lowest BCUT2D eigenvalue weighted by Crippen LogP contribution is -2.54. The van der Waals surface area contributed by atoms with Crippen molar-refractivity contribution < 1.29 is 19.2 Å². The van der Waals surface area contributed by atoms with E-state index in [0.717, 1.165) is 29.8 Å². The highest BCUT2D eigenvalue weighted by molar-refractivity contribution is 6.23. The molecule has 26 heavy (non-hydrogen) atoms. The number of hydrogen-bond donors (Lipinski definition) is 3. The highest BCUT2D eigenvalue weighted by Gasteiger charge is 2.44. The Morgan fingerprint density at radius 3 is 2.50 bits per heavy atom. The Morgan fingerprint density at radius 1 is 1.04 bits per heavy atom. The molecule has 136 valence electrons. The topological polar surface area (TPSA) is 122 Å². The number of carbonyl (C=O) groups is 4. The summed E-state index contributed by atoms with van der Waals surface area (Å²) in [7, 11) is 0. The van der Waals surface area contributed by atoms with Gasteiger partial charge in [0, 0.05) is 24.2 Å². The van der Waals surface area contributed by atoms with Crippen molar-refractivity contribution in [1.82, 2.24) is 10.2 Å². The number of anilines is 1. The van der Waals surface area contributed by atoms with Gasteiger partial charge in [0.2, 0.25) is 11.8 Å². The molecular weight excluding hydrogens is 336 g/mol. The molecule has 1 unspecified atom stereocenters. The van der Waals surface area contributed by atoms with E-state index in [1.54, 1.807) is 18.2 Å². The fraction of sp³-hybridized carbons (Fsp3) is 0.444.